The smallest absolute Gasteiger partial charge is 0.251 e. The molecule has 3 aromatic rings. The summed E-state index contributed by atoms with van der Waals surface area (Å²) in [7, 11) is 0. The molecular formula is C21H25N7O3. The van der Waals surface area contributed by atoms with E-state index in [1.54, 1.807) is 4.68 Å². The van der Waals surface area contributed by atoms with Gasteiger partial charge < -0.3 is 19.3 Å². The summed E-state index contributed by atoms with van der Waals surface area (Å²) in [6.07, 6.45) is 3.04. The number of piperazine rings is 1. The van der Waals surface area contributed by atoms with Crippen LogP contribution in [0.4, 0.5) is 5.82 Å². The van der Waals surface area contributed by atoms with Crippen LogP contribution in [-0.2, 0) is 9.53 Å². The van der Waals surface area contributed by atoms with Crippen molar-refractivity contribution in [2.45, 2.75) is 25.9 Å². The molecule has 0 saturated carbocycles. The summed E-state index contributed by atoms with van der Waals surface area (Å²) in [6, 6.07) is 7.66. The quantitative estimate of drug-likeness (QED) is 0.608. The maximum absolute atomic E-state index is 12.6. The summed E-state index contributed by atoms with van der Waals surface area (Å²) in [5.74, 6) is 1.65. The molecule has 31 heavy (non-hydrogen) atoms. The van der Waals surface area contributed by atoms with Gasteiger partial charge in [0.25, 0.3) is 5.91 Å². The molecule has 2 saturated heterocycles. The first-order valence-corrected chi connectivity index (χ1v) is 10.7. The lowest BCUT2D eigenvalue weighted by molar-refractivity contribution is -0.141. The minimum atomic E-state index is -0.272. The minimum Gasteiger partial charge on any atom is -0.494 e. The average molecular weight is 423 g/mol. The van der Waals surface area contributed by atoms with Gasteiger partial charge in [0.05, 0.1) is 12.3 Å². The van der Waals surface area contributed by atoms with Gasteiger partial charge in [0.2, 0.25) is 0 Å². The Bertz CT molecular complexity index is 1050. The molecule has 0 N–H and O–H groups in total. The van der Waals surface area contributed by atoms with Crippen LogP contribution < -0.4 is 9.64 Å². The fourth-order valence-electron chi connectivity index (χ4n) is 4.11. The van der Waals surface area contributed by atoms with Crippen molar-refractivity contribution in [3.05, 3.63) is 30.6 Å². The number of nitrogens with zero attached hydrogens (tertiary/aromatic N) is 7. The van der Waals surface area contributed by atoms with Crippen molar-refractivity contribution in [3.8, 4) is 11.4 Å². The van der Waals surface area contributed by atoms with E-state index < -0.39 is 0 Å². The molecule has 1 aromatic carbocycles. The third kappa shape index (κ3) is 3.78. The number of fused-ring (bicyclic) bond motifs is 1. The summed E-state index contributed by atoms with van der Waals surface area (Å²) in [5.41, 5.74) is 2.14. The van der Waals surface area contributed by atoms with Crippen molar-refractivity contribution in [3.63, 3.8) is 0 Å². The van der Waals surface area contributed by atoms with E-state index in [1.807, 2.05) is 36.1 Å². The maximum Gasteiger partial charge on any atom is 0.251 e. The van der Waals surface area contributed by atoms with Gasteiger partial charge >= 0.3 is 0 Å². The van der Waals surface area contributed by atoms with Gasteiger partial charge in [-0.15, -0.1) is 5.10 Å². The van der Waals surface area contributed by atoms with Gasteiger partial charge in [0, 0.05) is 32.8 Å². The lowest BCUT2D eigenvalue weighted by Crippen LogP contribution is -2.51. The predicted octanol–water partition coefficient (Wildman–Crippen LogP) is 1.44. The molecule has 0 radical (unpaired) electrons. The monoisotopic (exact) mass is 423 g/mol. The largest absolute Gasteiger partial charge is 0.494 e. The van der Waals surface area contributed by atoms with Gasteiger partial charge in [0.15, 0.2) is 17.0 Å². The summed E-state index contributed by atoms with van der Waals surface area (Å²) < 4.78 is 12.8. The van der Waals surface area contributed by atoms with Crippen molar-refractivity contribution in [2.75, 3.05) is 44.3 Å². The molecule has 1 atom stereocenters. The van der Waals surface area contributed by atoms with E-state index in [-0.39, 0.29) is 12.0 Å². The number of hydrogen-bond donors (Lipinski definition) is 0. The number of aromatic nitrogens is 5. The van der Waals surface area contributed by atoms with Crippen LogP contribution in [0.15, 0.2) is 30.6 Å². The average Bonchev–Trinajstić information content (AvgIpc) is 3.50. The Hall–Kier alpha value is -3.27. The lowest BCUT2D eigenvalue weighted by Gasteiger charge is -2.36. The second-order valence-corrected chi connectivity index (χ2v) is 7.61. The van der Waals surface area contributed by atoms with Crippen molar-refractivity contribution >= 4 is 22.9 Å². The van der Waals surface area contributed by atoms with Gasteiger partial charge in [0.1, 0.15) is 18.2 Å². The molecule has 0 unspecified atom stereocenters. The molecule has 2 fully saturated rings. The number of carbonyl (C=O) groups is 1. The lowest BCUT2D eigenvalue weighted by atomic mass is 10.2. The second-order valence-electron chi connectivity index (χ2n) is 7.61. The van der Waals surface area contributed by atoms with E-state index in [4.69, 9.17) is 9.47 Å². The summed E-state index contributed by atoms with van der Waals surface area (Å²) in [5, 5.41) is 8.67. The zero-order valence-corrected chi connectivity index (χ0v) is 17.5. The Morgan fingerprint density at radius 2 is 1.97 bits per heavy atom. The molecule has 2 aromatic heterocycles. The third-order valence-electron chi connectivity index (χ3n) is 5.71. The second kappa shape index (κ2) is 8.46. The maximum atomic E-state index is 12.6. The van der Waals surface area contributed by atoms with Crippen molar-refractivity contribution < 1.29 is 14.3 Å². The highest BCUT2D eigenvalue weighted by molar-refractivity contribution is 5.84. The molecule has 1 amide bonds. The normalized spacial score (nSPS) is 19.2. The number of anilines is 1. The van der Waals surface area contributed by atoms with Crippen molar-refractivity contribution in [2.24, 2.45) is 0 Å². The van der Waals surface area contributed by atoms with E-state index in [1.165, 1.54) is 6.33 Å². The van der Waals surface area contributed by atoms with Crippen LogP contribution in [0.25, 0.3) is 16.9 Å². The standard InChI is InChI=1S/C21H25N7O3/c1-2-30-16-7-5-15(6-8-16)28-20-18(24-25-28)19(22-14-23-20)26-9-11-27(12-10-26)21(29)17-4-3-13-31-17/h5-8,14,17H,2-4,9-13H2,1H3/t17-/m1/s1. The molecule has 4 heterocycles. The third-order valence-corrected chi connectivity index (χ3v) is 5.71. The Labute approximate surface area is 179 Å². The number of rotatable bonds is 5. The van der Waals surface area contributed by atoms with Crippen LogP contribution in [0, 0.1) is 0 Å². The topological polar surface area (TPSA) is 98.5 Å². The molecule has 2 aliphatic heterocycles. The summed E-state index contributed by atoms with van der Waals surface area (Å²) in [6.45, 7) is 5.89. The number of amides is 1. The molecule has 10 heteroatoms. The molecule has 0 bridgehead atoms. The zero-order valence-electron chi connectivity index (χ0n) is 17.5. The molecule has 0 aliphatic carbocycles. The van der Waals surface area contributed by atoms with Crippen LogP contribution in [0.2, 0.25) is 0 Å². The van der Waals surface area contributed by atoms with Gasteiger partial charge in [-0.25, -0.2) is 9.97 Å². The Kier molecular flexibility index (Phi) is 5.37. The van der Waals surface area contributed by atoms with Gasteiger partial charge in [-0.05, 0) is 44.0 Å². The molecule has 5 rings (SSSR count). The van der Waals surface area contributed by atoms with E-state index in [0.717, 1.165) is 30.1 Å². The molecule has 2 aliphatic rings. The molecule has 10 nitrogen and oxygen atoms in total. The van der Waals surface area contributed by atoms with Gasteiger partial charge in [-0.2, -0.15) is 4.68 Å². The first kappa shape index (κ1) is 19.7. The molecule has 162 valence electrons. The number of ether oxygens (including phenoxy) is 2. The highest BCUT2D eigenvalue weighted by atomic mass is 16.5. The van der Waals surface area contributed by atoms with E-state index in [9.17, 15) is 4.79 Å². The number of benzene rings is 1. The van der Waals surface area contributed by atoms with Crippen molar-refractivity contribution in [1.29, 1.82) is 0 Å². The van der Waals surface area contributed by atoms with E-state index in [2.05, 4.69) is 25.2 Å². The summed E-state index contributed by atoms with van der Waals surface area (Å²) in [4.78, 5) is 25.5. The number of carbonyl (C=O) groups excluding carboxylic acids is 1. The fraction of sp³-hybridized carbons (Fsp3) is 0.476. The van der Waals surface area contributed by atoms with Gasteiger partial charge in [-0.1, -0.05) is 5.21 Å². The van der Waals surface area contributed by atoms with Crippen LogP contribution in [0.1, 0.15) is 19.8 Å². The van der Waals surface area contributed by atoms with Crippen LogP contribution >= 0.6 is 0 Å². The zero-order chi connectivity index (χ0) is 21.2. The van der Waals surface area contributed by atoms with E-state index in [0.29, 0.717) is 50.6 Å². The SMILES string of the molecule is CCOc1ccc(-n2nnc3c(N4CCN(C(=O)[C@H]5CCCO5)CC4)ncnc32)cc1. The first-order valence-electron chi connectivity index (χ1n) is 10.7. The highest BCUT2D eigenvalue weighted by Crippen LogP contribution is 2.25. The van der Waals surface area contributed by atoms with Crippen molar-refractivity contribution in [1.82, 2.24) is 29.9 Å². The van der Waals surface area contributed by atoms with Crippen LogP contribution in [0.3, 0.4) is 0 Å². The first-order chi connectivity index (χ1) is 15.2. The Morgan fingerprint density at radius 3 is 2.68 bits per heavy atom. The molecular weight excluding hydrogens is 398 g/mol. The predicted molar refractivity (Wildman–Crippen MR) is 113 cm³/mol. The van der Waals surface area contributed by atoms with E-state index >= 15 is 0 Å². The molecule has 0 spiro atoms. The Morgan fingerprint density at radius 1 is 1.16 bits per heavy atom. The highest BCUT2D eigenvalue weighted by Gasteiger charge is 2.31. The van der Waals surface area contributed by atoms with Crippen LogP contribution in [-0.4, -0.2) is 81.3 Å². The van der Waals surface area contributed by atoms with Gasteiger partial charge in [-0.3, -0.25) is 4.79 Å². The Balaban J connectivity index is 1.34. The minimum absolute atomic E-state index is 0.103. The fourth-order valence-corrected chi connectivity index (χ4v) is 4.11. The summed E-state index contributed by atoms with van der Waals surface area (Å²) >= 11 is 0. The number of hydrogen-bond acceptors (Lipinski definition) is 8. The van der Waals surface area contributed by atoms with Crippen LogP contribution in [0.5, 0.6) is 5.75 Å².